The number of carbonyl (C=O) groups excluding carboxylic acids is 1. The standard InChI is InChI=1S/C19H18N4O4/c1-2-27-15-7-4-12(5-8-15)16-10-17(22-21-16)19(26)23-20-11-13-3-6-14(24)9-18(13)25/h3-11,24-25H,2H2,1H3,(H,21,22)(H,23,26)/b20-11+. The molecule has 0 radical (unpaired) electrons. The summed E-state index contributed by atoms with van der Waals surface area (Å²) in [6, 6.07) is 13.0. The number of hydrazone groups is 1. The quantitative estimate of drug-likeness (QED) is 0.395. The van der Waals surface area contributed by atoms with Crippen molar-refractivity contribution in [3.05, 3.63) is 59.8 Å². The van der Waals surface area contributed by atoms with Gasteiger partial charge in [-0.25, -0.2) is 5.43 Å². The first-order valence-corrected chi connectivity index (χ1v) is 8.21. The van der Waals surface area contributed by atoms with Gasteiger partial charge in [0.25, 0.3) is 5.91 Å². The molecule has 0 saturated carbocycles. The van der Waals surface area contributed by atoms with Crippen LogP contribution in [0.4, 0.5) is 0 Å². The number of aromatic hydroxyl groups is 2. The minimum atomic E-state index is -0.478. The number of hydrogen-bond acceptors (Lipinski definition) is 6. The molecule has 0 aliphatic rings. The predicted molar refractivity (Wildman–Crippen MR) is 100 cm³/mol. The molecule has 0 atom stereocenters. The van der Waals surface area contributed by atoms with Crippen molar-refractivity contribution in [3.8, 4) is 28.5 Å². The van der Waals surface area contributed by atoms with Crippen LogP contribution in [-0.2, 0) is 0 Å². The highest BCUT2D eigenvalue weighted by molar-refractivity contribution is 5.94. The van der Waals surface area contributed by atoms with Gasteiger partial charge in [0.05, 0.1) is 18.5 Å². The minimum Gasteiger partial charge on any atom is -0.508 e. The molecule has 138 valence electrons. The number of phenols is 2. The Labute approximate surface area is 155 Å². The van der Waals surface area contributed by atoms with Gasteiger partial charge < -0.3 is 14.9 Å². The monoisotopic (exact) mass is 366 g/mol. The first kappa shape index (κ1) is 18.0. The van der Waals surface area contributed by atoms with Crippen molar-refractivity contribution in [2.75, 3.05) is 6.61 Å². The van der Waals surface area contributed by atoms with E-state index in [4.69, 9.17) is 4.74 Å². The lowest BCUT2D eigenvalue weighted by Crippen LogP contribution is -2.18. The molecule has 0 bridgehead atoms. The molecule has 1 amide bonds. The molecule has 3 aromatic rings. The van der Waals surface area contributed by atoms with Crippen LogP contribution in [0.5, 0.6) is 17.2 Å². The number of hydrogen-bond donors (Lipinski definition) is 4. The van der Waals surface area contributed by atoms with E-state index in [1.807, 2.05) is 31.2 Å². The van der Waals surface area contributed by atoms with Gasteiger partial charge in [-0.05, 0) is 49.4 Å². The van der Waals surface area contributed by atoms with Gasteiger partial charge in [0, 0.05) is 17.2 Å². The highest BCUT2D eigenvalue weighted by atomic mass is 16.5. The van der Waals surface area contributed by atoms with Crippen molar-refractivity contribution in [2.45, 2.75) is 6.92 Å². The fraction of sp³-hybridized carbons (Fsp3) is 0.105. The second-order valence-electron chi connectivity index (χ2n) is 5.57. The molecule has 3 rings (SSSR count). The Kier molecular flexibility index (Phi) is 5.36. The van der Waals surface area contributed by atoms with Crippen LogP contribution in [0.15, 0.2) is 53.6 Å². The summed E-state index contributed by atoms with van der Waals surface area (Å²) in [6.45, 7) is 2.51. The topological polar surface area (TPSA) is 120 Å². The largest absolute Gasteiger partial charge is 0.508 e. The second-order valence-corrected chi connectivity index (χ2v) is 5.57. The van der Waals surface area contributed by atoms with E-state index in [9.17, 15) is 15.0 Å². The zero-order valence-corrected chi connectivity index (χ0v) is 14.5. The number of rotatable bonds is 6. The molecule has 27 heavy (non-hydrogen) atoms. The lowest BCUT2D eigenvalue weighted by atomic mass is 10.1. The summed E-state index contributed by atoms with van der Waals surface area (Å²) < 4.78 is 5.40. The van der Waals surface area contributed by atoms with Crippen LogP contribution in [0.2, 0.25) is 0 Å². The van der Waals surface area contributed by atoms with Gasteiger partial charge in [-0.15, -0.1) is 0 Å². The molecule has 0 unspecified atom stereocenters. The van der Waals surface area contributed by atoms with Gasteiger partial charge >= 0.3 is 0 Å². The summed E-state index contributed by atoms with van der Waals surface area (Å²) in [5.74, 6) is 0.0797. The normalized spacial score (nSPS) is 10.9. The third-order valence-electron chi connectivity index (χ3n) is 3.67. The van der Waals surface area contributed by atoms with E-state index in [0.29, 0.717) is 17.9 Å². The molecule has 0 aliphatic carbocycles. The Morgan fingerprint density at radius 2 is 2.00 bits per heavy atom. The second kappa shape index (κ2) is 8.05. The van der Waals surface area contributed by atoms with Crippen LogP contribution < -0.4 is 10.2 Å². The molecule has 2 aromatic carbocycles. The molecule has 8 heteroatoms. The van der Waals surface area contributed by atoms with Crippen molar-refractivity contribution in [1.29, 1.82) is 0 Å². The first-order valence-electron chi connectivity index (χ1n) is 8.21. The Balaban J connectivity index is 1.65. The van der Waals surface area contributed by atoms with Crippen molar-refractivity contribution in [1.82, 2.24) is 15.6 Å². The van der Waals surface area contributed by atoms with Crippen LogP contribution in [0.3, 0.4) is 0 Å². The molecule has 0 aliphatic heterocycles. The average molecular weight is 366 g/mol. The van der Waals surface area contributed by atoms with Crippen molar-refractivity contribution < 1.29 is 19.7 Å². The van der Waals surface area contributed by atoms with E-state index < -0.39 is 5.91 Å². The van der Waals surface area contributed by atoms with Gasteiger partial charge in [-0.2, -0.15) is 10.2 Å². The molecule has 0 spiro atoms. The fourth-order valence-electron chi connectivity index (χ4n) is 2.34. The molecule has 0 saturated heterocycles. The van der Waals surface area contributed by atoms with Gasteiger partial charge in [0.15, 0.2) is 0 Å². The van der Waals surface area contributed by atoms with E-state index in [-0.39, 0.29) is 17.2 Å². The zero-order chi connectivity index (χ0) is 19.2. The zero-order valence-electron chi connectivity index (χ0n) is 14.5. The number of nitrogens with zero attached hydrogens (tertiary/aromatic N) is 2. The number of H-pyrrole nitrogens is 1. The Hall–Kier alpha value is -3.81. The van der Waals surface area contributed by atoms with Crippen LogP contribution in [0.1, 0.15) is 23.0 Å². The van der Waals surface area contributed by atoms with E-state index in [0.717, 1.165) is 11.3 Å². The van der Waals surface area contributed by atoms with Crippen molar-refractivity contribution in [3.63, 3.8) is 0 Å². The molecule has 1 aromatic heterocycles. The predicted octanol–water partition coefficient (Wildman–Crippen LogP) is 2.65. The molecule has 0 fully saturated rings. The number of aromatic amines is 1. The third-order valence-corrected chi connectivity index (χ3v) is 3.67. The molecule has 8 nitrogen and oxygen atoms in total. The molecular formula is C19H18N4O4. The summed E-state index contributed by atoms with van der Waals surface area (Å²) >= 11 is 0. The smallest absolute Gasteiger partial charge is 0.289 e. The lowest BCUT2D eigenvalue weighted by Gasteiger charge is -2.02. The van der Waals surface area contributed by atoms with Gasteiger partial charge in [-0.1, -0.05) is 0 Å². The average Bonchev–Trinajstić information content (AvgIpc) is 3.14. The lowest BCUT2D eigenvalue weighted by molar-refractivity contribution is 0.0950. The molecular weight excluding hydrogens is 348 g/mol. The summed E-state index contributed by atoms with van der Waals surface area (Å²) in [6.07, 6.45) is 1.27. The van der Waals surface area contributed by atoms with Gasteiger partial charge in [-0.3, -0.25) is 9.89 Å². The van der Waals surface area contributed by atoms with E-state index >= 15 is 0 Å². The highest BCUT2D eigenvalue weighted by Crippen LogP contribution is 2.22. The Morgan fingerprint density at radius 1 is 1.22 bits per heavy atom. The highest BCUT2D eigenvalue weighted by Gasteiger charge is 2.10. The van der Waals surface area contributed by atoms with E-state index in [1.165, 1.54) is 24.4 Å². The number of benzene rings is 2. The maximum atomic E-state index is 12.1. The molecule has 1 heterocycles. The number of ether oxygens (including phenoxy) is 1. The number of amides is 1. The van der Waals surface area contributed by atoms with Gasteiger partial charge in [0.2, 0.25) is 0 Å². The summed E-state index contributed by atoms with van der Waals surface area (Å²) in [5, 5.41) is 29.5. The van der Waals surface area contributed by atoms with E-state index in [2.05, 4.69) is 20.7 Å². The summed E-state index contributed by atoms with van der Waals surface area (Å²) in [5.41, 5.74) is 4.39. The van der Waals surface area contributed by atoms with Crippen LogP contribution in [-0.4, -0.2) is 39.1 Å². The van der Waals surface area contributed by atoms with Crippen molar-refractivity contribution in [2.24, 2.45) is 5.10 Å². The van der Waals surface area contributed by atoms with Gasteiger partial charge in [0.1, 0.15) is 22.9 Å². The maximum absolute atomic E-state index is 12.1. The summed E-state index contributed by atoms with van der Waals surface area (Å²) in [4.78, 5) is 12.1. The fourth-order valence-corrected chi connectivity index (χ4v) is 2.34. The Morgan fingerprint density at radius 3 is 2.70 bits per heavy atom. The number of nitrogens with one attached hydrogen (secondary N) is 2. The van der Waals surface area contributed by atoms with Crippen LogP contribution >= 0.6 is 0 Å². The number of aromatic nitrogens is 2. The summed E-state index contributed by atoms with van der Waals surface area (Å²) in [7, 11) is 0. The third kappa shape index (κ3) is 4.43. The van der Waals surface area contributed by atoms with Crippen LogP contribution in [0.25, 0.3) is 11.3 Å². The van der Waals surface area contributed by atoms with Crippen LogP contribution in [0, 0.1) is 0 Å². The number of carbonyl (C=O) groups is 1. The Bertz CT molecular complexity index is 964. The first-order chi connectivity index (χ1) is 13.1. The van der Waals surface area contributed by atoms with Crippen molar-refractivity contribution >= 4 is 12.1 Å². The minimum absolute atomic E-state index is 0.0621. The molecule has 4 N–H and O–H groups in total. The number of phenolic OH excluding ortho intramolecular Hbond substituents is 2. The van der Waals surface area contributed by atoms with E-state index in [1.54, 1.807) is 6.07 Å². The maximum Gasteiger partial charge on any atom is 0.289 e. The SMILES string of the molecule is CCOc1ccc(-c2cc(C(=O)N/N=C/c3ccc(O)cc3O)[nH]n2)cc1.